The van der Waals surface area contributed by atoms with Crippen LogP contribution < -0.4 is 10.5 Å². The first-order valence-electron chi connectivity index (χ1n) is 6.30. The molecule has 0 aliphatic heterocycles. The Morgan fingerprint density at radius 2 is 2.11 bits per heavy atom. The second-order valence-corrected chi connectivity index (χ2v) is 8.93. The maximum Gasteiger partial charge on any atom is 0.249 e. The molecule has 5 nitrogen and oxygen atoms in total. The summed E-state index contributed by atoms with van der Waals surface area (Å²) in [5, 5.41) is 8.78. The number of anilines is 1. The van der Waals surface area contributed by atoms with Crippen molar-refractivity contribution in [3.8, 4) is 0 Å². The zero-order valence-electron chi connectivity index (χ0n) is 11.9. The van der Waals surface area contributed by atoms with Crippen molar-refractivity contribution < 1.29 is 8.42 Å². The minimum absolute atomic E-state index is 0.0951. The van der Waals surface area contributed by atoms with E-state index in [9.17, 15) is 8.42 Å². The number of aromatic nitrogens is 1. The third kappa shape index (κ3) is 6.35. The topological polar surface area (TPSA) is 85.1 Å². The molecule has 0 amide bonds. The summed E-state index contributed by atoms with van der Waals surface area (Å²) < 4.78 is 22.3. The summed E-state index contributed by atoms with van der Waals surface area (Å²) in [6, 6.07) is 0. The quantitative estimate of drug-likeness (QED) is 0.846. The number of hydrogen-bond donors (Lipinski definition) is 2. The van der Waals surface area contributed by atoms with Gasteiger partial charge in [0.25, 0.3) is 0 Å². The van der Waals surface area contributed by atoms with Crippen molar-refractivity contribution in [3.05, 3.63) is 6.20 Å². The molecule has 1 heterocycles. The first-order valence-corrected chi connectivity index (χ1v) is 8.67. The van der Waals surface area contributed by atoms with Crippen LogP contribution in [-0.2, 0) is 10.0 Å². The van der Waals surface area contributed by atoms with Crippen LogP contribution >= 0.6 is 11.3 Å². The lowest BCUT2D eigenvalue weighted by atomic mass is 9.84. The van der Waals surface area contributed by atoms with Crippen molar-refractivity contribution in [2.24, 2.45) is 16.5 Å². The Labute approximate surface area is 119 Å². The Kier molecular flexibility index (Phi) is 5.34. The minimum atomic E-state index is -3.63. The first-order chi connectivity index (χ1) is 8.58. The van der Waals surface area contributed by atoms with Gasteiger partial charge in [-0.1, -0.05) is 39.0 Å². The SMILES string of the molecule is CC(CCNc1ncc(S(N)(=O)=O)s1)CC(C)(C)C. The molecule has 1 unspecified atom stereocenters. The van der Waals surface area contributed by atoms with Crippen LogP contribution in [0.1, 0.15) is 40.5 Å². The average molecular weight is 305 g/mol. The fraction of sp³-hybridized carbons (Fsp3) is 0.750. The molecule has 110 valence electrons. The van der Waals surface area contributed by atoms with Gasteiger partial charge in [0, 0.05) is 6.54 Å². The highest BCUT2D eigenvalue weighted by atomic mass is 32.2. The van der Waals surface area contributed by atoms with Gasteiger partial charge in [-0.15, -0.1) is 0 Å². The fourth-order valence-corrected chi connectivity index (χ4v) is 3.52. The molecule has 0 aliphatic carbocycles. The van der Waals surface area contributed by atoms with E-state index < -0.39 is 10.0 Å². The van der Waals surface area contributed by atoms with Gasteiger partial charge in [0.15, 0.2) is 9.34 Å². The zero-order valence-corrected chi connectivity index (χ0v) is 13.6. The van der Waals surface area contributed by atoms with E-state index in [4.69, 9.17) is 5.14 Å². The normalized spacial score (nSPS) is 14.4. The Bertz CT molecular complexity index is 503. The van der Waals surface area contributed by atoms with E-state index >= 15 is 0 Å². The van der Waals surface area contributed by atoms with Gasteiger partial charge in [-0.25, -0.2) is 18.5 Å². The molecule has 1 aromatic heterocycles. The molecule has 1 atom stereocenters. The zero-order chi connectivity index (χ0) is 14.7. The van der Waals surface area contributed by atoms with Crippen LogP contribution in [0.5, 0.6) is 0 Å². The molecule has 3 N–H and O–H groups in total. The van der Waals surface area contributed by atoms with Gasteiger partial charge in [-0.05, 0) is 24.2 Å². The standard InChI is InChI=1S/C12H23N3O2S2/c1-9(7-12(2,3)4)5-6-14-11-15-8-10(18-11)19(13,16)17/h8-9H,5-7H2,1-4H3,(H,14,15)(H2,13,16,17). The number of nitrogens with one attached hydrogen (secondary N) is 1. The Hall–Kier alpha value is -0.660. The van der Waals surface area contributed by atoms with Crippen molar-refractivity contribution in [1.82, 2.24) is 4.98 Å². The van der Waals surface area contributed by atoms with Gasteiger partial charge >= 0.3 is 0 Å². The molecule has 0 spiro atoms. The maximum atomic E-state index is 11.1. The van der Waals surface area contributed by atoms with E-state index in [-0.39, 0.29) is 4.21 Å². The van der Waals surface area contributed by atoms with Crippen molar-refractivity contribution in [3.63, 3.8) is 0 Å². The summed E-state index contributed by atoms with van der Waals surface area (Å²) in [5.74, 6) is 0.616. The summed E-state index contributed by atoms with van der Waals surface area (Å²) in [4.78, 5) is 4.00. The molecule has 0 aliphatic rings. The molecule has 0 aromatic carbocycles. The molecule has 1 aromatic rings. The lowest BCUT2D eigenvalue weighted by Gasteiger charge is -2.23. The van der Waals surface area contributed by atoms with Crippen LogP contribution in [0.15, 0.2) is 10.4 Å². The molecule has 0 saturated carbocycles. The predicted molar refractivity (Wildman–Crippen MR) is 79.8 cm³/mol. The molecular formula is C12H23N3O2S2. The van der Waals surface area contributed by atoms with Crippen molar-refractivity contribution in [1.29, 1.82) is 0 Å². The number of rotatable bonds is 6. The van der Waals surface area contributed by atoms with Gasteiger partial charge in [-0.3, -0.25) is 0 Å². The third-order valence-electron chi connectivity index (χ3n) is 2.64. The molecule has 0 radical (unpaired) electrons. The highest BCUT2D eigenvalue weighted by molar-refractivity contribution is 7.91. The van der Waals surface area contributed by atoms with Crippen LogP contribution in [0.2, 0.25) is 0 Å². The lowest BCUT2D eigenvalue weighted by Crippen LogP contribution is -2.14. The highest BCUT2D eigenvalue weighted by Gasteiger charge is 2.15. The fourth-order valence-electron chi connectivity index (χ4n) is 2.05. The van der Waals surface area contributed by atoms with Crippen LogP contribution in [0.25, 0.3) is 0 Å². The first kappa shape index (κ1) is 16.4. The number of hydrogen-bond acceptors (Lipinski definition) is 5. The monoisotopic (exact) mass is 305 g/mol. The molecule has 7 heteroatoms. The predicted octanol–water partition coefficient (Wildman–Crippen LogP) is 2.66. The minimum Gasteiger partial charge on any atom is -0.361 e. The summed E-state index contributed by atoms with van der Waals surface area (Å²) in [7, 11) is -3.63. The lowest BCUT2D eigenvalue weighted by molar-refractivity contribution is 0.300. The summed E-state index contributed by atoms with van der Waals surface area (Å²) in [6.07, 6.45) is 3.48. The van der Waals surface area contributed by atoms with E-state index in [0.717, 1.165) is 30.7 Å². The molecule has 0 bridgehead atoms. The largest absolute Gasteiger partial charge is 0.361 e. The molecular weight excluding hydrogens is 282 g/mol. The van der Waals surface area contributed by atoms with E-state index in [1.165, 1.54) is 6.20 Å². The number of primary sulfonamides is 1. The highest BCUT2D eigenvalue weighted by Crippen LogP contribution is 2.26. The number of sulfonamides is 1. The summed E-state index contributed by atoms with van der Waals surface area (Å²) in [5.41, 5.74) is 0.335. The number of nitrogens with two attached hydrogens (primary N) is 1. The van der Waals surface area contributed by atoms with E-state index in [1.54, 1.807) is 0 Å². The second kappa shape index (κ2) is 6.19. The van der Waals surface area contributed by atoms with Gasteiger partial charge in [0.05, 0.1) is 6.20 Å². The van der Waals surface area contributed by atoms with Crippen LogP contribution in [-0.4, -0.2) is 19.9 Å². The average Bonchev–Trinajstić information content (AvgIpc) is 2.62. The Morgan fingerprint density at radius 1 is 1.47 bits per heavy atom. The van der Waals surface area contributed by atoms with Crippen molar-refractivity contribution >= 4 is 26.5 Å². The Morgan fingerprint density at radius 3 is 2.58 bits per heavy atom. The second-order valence-electron chi connectivity index (χ2n) is 6.11. The molecule has 19 heavy (non-hydrogen) atoms. The van der Waals surface area contributed by atoms with Gasteiger partial charge in [0.1, 0.15) is 0 Å². The maximum absolute atomic E-state index is 11.1. The molecule has 0 saturated heterocycles. The summed E-state index contributed by atoms with van der Waals surface area (Å²) in [6.45, 7) is 9.71. The van der Waals surface area contributed by atoms with E-state index in [1.807, 2.05) is 0 Å². The van der Waals surface area contributed by atoms with Gasteiger partial charge < -0.3 is 5.32 Å². The van der Waals surface area contributed by atoms with Crippen LogP contribution in [0.3, 0.4) is 0 Å². The molecule has 0 fully saturated rings. The number of nitrogens with zero attached hydrogens (tertiary/aromatic N) is 1. The van der Waals surface area contributed by atoms with Crippen molar-refractivity contribution in [2.75, 3.05) is 11.9 Å². The van der Waals surface area contributed by atoms with E-state index in [2.05, 4.69) is 38.0 Å². The third-order valence-corrected chi connectivity index (χ3v) is 5.00. The molecule has 1 rings (SSSR count). The van der Waals surface area contributed by atoms with Gasteiger partial charge in [-0.2, -0.15) is 0 Å². The number of thiazole rings is 1. The summed E-state index contributed by atoms with van der Waals surface area (Å²) >= 11 is 1.07. The van der Waals surface area contributed by atoms with Crippen LogP contribution in [0, 0.1) is 11.3 Å². The van der Waals surface area contributed by atoms with Crippen molar-refractivity contribution in [2.45, 2.75) is 44.7 Å². The smallest absolute Gasteiger partial charge is 0.249 e. The van der Waals surface area contributed by atoms with Crippen LogP contribution in [0.4, 0.5) is 5.13 Å². The van der Waals surface area contributed by atoms with Gasteiger partial charge in [0.2, 0.25) is 10.0 Å². The Balaban J connectivity index is 2.40. The van der Waals surface area contributed by atoms with E-state index in [0.29, 0.717) is 16.5 Å².